The Morgan fingerprint density at radius 3 is 2.35 bits per heavy atom. The summed E-state index contributed by atoms with van der Waals surface area (Å²) in [6.45, 7) is 2.20. The zero-order chi connectivity index (χ0) is 19.6. The second kappa shape index (κ2) is 11.7. The fourth-order valence-corrected chi connectivity index (χ4v) is 2.75. The van der Waals surface area contributed by atoms with Gasteiger partial charge in [-0.25, -0.2) is 4.79 Å². The average molecular weight is 441 g/mol. The van der Waals surface area contributed by atoms with Gasteiger partial charge in [0.25, 0.3) is 0 Å². The smallest absolute Gasteiger partial charge is 0.408 e. The van der Waals surface area contributed by atoms with Crippen LogP contribution in [0.4, 0.5) is 10.5 Å². The van der Waals surface area contributed by atoms with Crippen LogP contribution in [0.15, 0.2) is 24.3 Å². The molecule has 0 unspecified atom stereocenters. The molecule has 1 rings (SSSR count). The van der Waals surface area contributed by atoms with Crippen LogP contribution in [0.25, 0.3) is 0 Å². The van der Waals surface area contributed by atoms with E-state index in [1.807, 2.05) is 12.1 Å². The number of thiocarbonyl (C=S) groups is 1. The van der Waals surface area contributed by atoms with Gasteiger partial charge in [-0.3, -0.25) is 5.32 Å². The topological polar surface area (TPSA) is 62.4 Å². The molecule has 0 aliphatic rings. The van der Waals surface area contributed by atoms with Crippen molar-refractivity contribution in [2.45, 2.75) is 49.0 Å². The number of unbranched alkanes of at least 4 members (excludes halogenated alkanes) is 3. The second-order valence-corrected chi connectivity index (χ2v) is 8.49. The summed E-state index contributed by atoms with van der Waals surface area (Å²) >= 11 is 22.8. The molecule has 0 fully saturated rings. The predicted octanol–water partition coefficient (Wildman–Crippen LogP) is 5.15. The maximum Gasteiger partial charge on any atom is 0.408 e. The summed E-state index contributed by atoms with van der Waals surface area (Å²) in [6, 6.07) is 7.97. The molecule has 5 nitrogen and oxygen atoms in total. The normalized spacial score (nSPS) is 12.2. The lowest BCUT2D eigenvalue weighted by Gasteiger charge is -2.27. The largest absolute Gasteiger partial charge is 0.453 e. The van der Waals surface area contributed by atoms with Crippen LogP contribution in [0, 0.1) is 0 Å². The minimum atomic E-state index is -1.82. The number of rotatable bonds is 8. The quantitative estimate of drug-likeness (QED) is 0.226. The molecule has 1 atom stereocenters. The van der Waals surface area contributed by atoms with Crippen molar-refractivity contribution in [3.8, 4) is 0 Å². The number of hydrogen-bond acceptors (Lipinski definition) is 3. The van der Waals surface area contributed by atoms with Crippen molar-refractivity contribution in [2.75, 3.05) is 12.4 Å². The Balaban J connectivity index is 2.56. The van der Waals surface area contributed by atoms with Crippen molar-refractivity contribution in [3.05, 3.63) is 29.8 Å². The summed E-state index contributed by atoms with van der Waals surface area (Å²) in [4.78, 5) is 11.4. The van der Waals surface area contributed by atoms with Crippen molar-refractivity contribution >= 4 is 63.9 Å². The Bertz CT molecular complexity index is 580. The van der Waals surface area contributed by atoms with E-state index in [0.29, 0.717) is 0 Å². The Labute approximate surface area is 175 Å². The molecule has 26 heavy (non-hydrogen) atoms. The first-order valence-electron chi connectivity index (χ1n) is 8.34. The number of carbonyl (C=O) groups excluding carboxylic acids is 1. The van der Waals surface area contributed by atoms with E-state index >= 15 is 0 Å². The predicted molar refractivity (Wildman–Crippen MR) is 113 cm³/mol. The molecule has 0 bridgehead atoms. The number of amides is 1. The van der Waals surface area contributed by atoms with E-state index in [-0.39, 0.29) is 5.11 Å². The van der Waals surface area contributed by atoms with Crippen LogP contribution >= 0.6 is 47.0 Å². The molecule has 0 aromatic heterocycles. The van der Waals surface area contributed by atoms with Crippen molar-refractivity contribution in [1.82, 2.24) is 10.6 Å². The van der Waals surface area contributed by atoms with Crippen LogP contribution < -0.4 is 16.0 Å². The highest BCUT2D eigenvalue weighted by atomic mass is 35.6. The van der Waals surface area contributed by atoms with Crippen LogP contribution in [0.3, 0.4) is 0 Å². The molecule has 0 saturated carbocycles. The molecule has 146 valence electrons. The number of halogens is 3. The number of alkyl carbamates (subject to hydrolysis) is 1. The maximum atomic E-state index is 11.4. The monoisotopic (exact) mass is 439 g/mol. The lowest BCUT2D eigenvalue weighted by atomic mass is 10.1. The molecule has 0 aliphatic heterocycles. The Kier molecular flexibility index (Phi) is 10.4. The number of aryl methyl sites for hydroxylation is 1. The van der Waals surface area contributed by atoms with Crippen molar-refractivity contribution in [2.24, 2.45) is 0 Å². The van der Waals surface area contributed by atoms with Crippen molar-refractivity contribution in [1.29, 1.82) is 0 Å². The third-order valence-corrected chi connectivity index (χ3v) is 4.46. The number of ether oxygens (including phenoxy) is 1. The van der Waals surface area contributed by atoms with Gasteiger partial charge in [0.05, 0.1) is 7.11 Å². The summed E-state index contributed by atoms with van der Waals surface area (Å²) in [7, 11) is 1.21. The lowest BCUT2D eigenvalue weighted by Crippen LogP contribution is -2.56. The first-order valence-corrected chi connectivity index (χ1v) is 9.88. The number of hydrogen-bond donors (Lipinski definition) is 3. The molecular weight excluding hydrogens is 417 g/mol. The number of nitrogens with one attached hydrogen (secondary N) is 3. The van der Waals surface area contributed by atoms with Crippen LogP contribution in [-0.2, 0) is 11.2 Å². The highest BCUT2D eigenvalue weighted by Gasteiger charge is 2.35. The Morgan fingerprint density at radius 2 is 1.81 bits per heavy atom. The van der Waals surface area contributed by atoms with Crippen molar-refractivity contribution in [3.63, 3.8) is 0 Å². The number of methoxy groups -OCH3 is 1. The van der Waals surface area contributed by atoms with Gasteiger partial charge in [-0.2, -0.15) is 0 Å². The van der Waals surface area contributed by atoms with Gasteiger partial charge in [-0.15, -0.1) is 0 Å². The van der Waals surface area contributed by atoms with Crippen LogP contribution in [0.1, 0.15) is 38.2 Å². The number of benzene rings is 1. The van der Waals surface area contributed by atoms with E-state index in [0.717, 1.165) is 12.1 Å². The van der Waals surface area contributed by atoms with Gasteiger partial charge in [0.15, 0.2) is 11.3 Å². The van der Waals surface area contributed by atoms with Crippen molar-refractivity contribution < 1.29 is 9.53 Å². The van der Waals surface area contributed by atoms with Crippen LogP contribution in [-0.4, -0.2) is 28.3 Å². The average Bonchev–Trinajstić information content (AvgIpc) is 2.58. The molecule has 1 aromatic rings. The van der Waals surface area contributed by atoms with Crippen LogP contribution in [0.2, 0.25) is 0 Å². The van der Waals surface area contributed by atoms with Gasteiger partial charge in [0.1, 0.15) is 0 Å². The van der Waals surface area contributed by atoms with Gasteiger partial charge in [-0.05, 0) is 42.8 Å². The van der Waals surface area contributed by atoms with E-state index in [1.165, 1.54) is 38.4 Å². The van der Waals surface area contributed by atoms with E-state index in [2.05, 4.69) is 39.7 Å². The van der Waals surface area contributed by atoms with Gasteiger partial charge in [0.2, 0.25) is 3.79 Å². The summed E-state index contributed by atoms with van der Waals surface area (Å²) < 4.78 is 2.69. The summed E-state index contributed by atoms with van der Waals surface area (Å²) in [5.74, 6) is 0. The molecule has 0 heterocycles. The number of alkyl halides is 3. The third-order valence-electron chi connectivity index (χ3n) is 3.58. The third kappa shape index (κ3) is 9.12. The van der Waals surface area contributed by atoms with Gasteiger partial charge < -0.3 is 15.4 Å². The summed E-state index contributed by atoms with van der Waals surface area (Å²) in [6.07, 6.45) is 4.18. The van der Waals surface area contributed by atoms with E-state index in [9.17, 15) is 4.79 Å². The molecule has 1 aromatic carbocycles. The minimum absolute atomic E-state index is 0.202. The zero-order valence-electron chi connectivity index (χ0n) is 14.8. The number of anilines is 1. The minimum Gasteiger partial charge on any atom is -0.453 e. The SMILES string of the molecule is CCCCCCc1ccc(NC(=S)N[C@@H](NC(=O)OC)C(Cl)(Cl)Cl)cc1. The molecular formula is C17H24Cl3N3O2S. The first kappa shape index (κ1) is 23.1. The maximum absolute atomic E-state index is 11.4. The van der Waals surface area contributed by atoms with Gasteiger partial charge in [0, 0.05) is 5.69 Å². The fraction of sp³-hybridized carbons (Fsp3) is 0.529. The van der Waals surface area contributed by atoms with E-state index in [4.69, 9.17) is 47.0 Å². The first-order chi connectivity index (χ1) is 12.3. The second-order valence-electron chi connectivity index (χ2n) is 5.72. The Morgan fingerprint density at radius 1 is 1.15 bits per heavy atom. The van der Waals surface area contributed by atoms with E-state index in [1.54, 1.807) is 0 Å². The molecule has 0 radical (unpaired) electrons. The summed E-state index contributed by atoms with van der Waals surface area (Å²) in [5, 5.41) is 8.31. The molecule has 0 aliphatic carbocycles. The highest BCUT2D eigenvalue weighted by molar-refractivity contribution is 7.80. The highest BCUT2D eigenvalue weighted by Crippen LogP contribution is 2.29. The molecule has 0 saturated heterocycles. The molecule has 0 spiro atoms. The standard InChI is InChI=1S/C17H24Cl3N3O2S/c1-3-4-5-6-7-12-8-10-13(11-9-12)21-15(26)22-14(17(18,19)20)23-16(24)25-2/h8-11,14H,3-7H2,1-2H3,(H,23,24)(H2,21,22,26)/t14-/m0/s1. The lowest BCUT2D eigenvalue weighted by molar-refractivity contribution is 0.166. The van der Waals surface area contributed by atoms with Crippen LogP contribution in [0.5, 0.6) is 0 Å². The summed E-state index contributed by atoms with van der Waals surface area (Å²) in [5.41, 5.74) is 2.07. The van der Waals surface area contributed by atoms with Gasteiger partial charge >= 0.3 is 6.09 Å². The number of carbonyl (C=O) groups is 1. The molecule has 3 N–H and O–H groups in total. The molecule has 1 amide bonds. The zero-order valence-corrected chi connectivity index (χ0v) is 17.9. The Hall–Kier alpha value is -0.950. The van der Waals surface area contributed by atoms with Gasteiger partial charge in [-0.1, -0.05) is 73.1 Å². The molecule has 9 heteroatoms. The fourth-order valence-electron chi connectivity index (χ4n) is 2.19. The van der Waals surface area contributed by atoms with E-state index < -0.39 is 16.1 Å².